The van der Waals surface area contributed by atoms with Gasteiger partial charge in [-0.3, -0.25) is 4.79 Å². The van der Waals surface area contributed by atoms with Crippen molar-refractivity contribution < 1.29 is 4.79 Å². The van der Waals surface area contributed by atoms with Crippen LogP contribution in [0.2, 0.25) is 0 Å². The van der Waals surface area contributed by atoms with Crippen molar-refractivity contribution in [1.29, 1.82) is 0 Å². The zero-order chi connectivity index (χ0) is 21.5. The Bertz CT molecular complexity index is 894. The van der Waals surface area contributed by atoms with Crippen LogP contribution in [0, 0.1) is 5.92 Å². The van der Waals surface area contributed by atoms with E-state index in [1.54, 1.807) is 0 Å². The number of carbonyl (C=O) groups is 1. The smallest absolute Gasteiger partial charge is 0.227 e. The van der Waals surface area contributed by atoms with Gasteiger partial charge in [0.15, 0.2) is 5.96 Å². The third-order valence-corrected chi connectivity index (χ3v) is 5.97. The van der Waals surface area contributed by atoms with Crippen LogP contribution in [0.5, 0.6) is 0 Å². The van der Waals surface area contributed by atoms with Gasteiger partial charge in [0.05, 0.1) is 6.54 Å². The molecule has 4 rings (SSSR count). The molecule has 1 saturated carbocycles. The van der Waals surface area contributed by atoms with Crippen molar-refractivity contribution in [3.63, 3.8) is 0 Å². The third kappa shape index (κ3) is 6.34. The van der Waals surface area contributed by atoms with E-state index >= 15 is 0 Å². The SMILES string of the molecule is CCNC(=NCc1cccc(NC(=O)C2CCC2)c1)N1CCN(c2ccccn2)CC1.I. The average molecular weight is 548 g/mol. The summed E-state index contributed by atoms with van der Waals surface area (Å²) in [5.41, 5.74) is 1.95. The zero-order valence-corrected chi connectivity index (χ0v) is 21.0. The molecule has 0 atom stereocenters. The Hall–Kier alpha value is -2.36. The number of aliphatic imine (C=N–C) groups is 1. The van der Waals surface area contributed by atoms with E-state index in [1.807, 2.05) is 36.5 Å². The largest absolute Gasteiger partial charge is 0.357 e. The number of nitrogens with zero attached hydrogens (tertiary/aromatic N) is 4. The molecule has 0 bridgehead atoms. The quantitative estimate of drug-likeness (QED) is 0.327. The molecule has 0 spiro atoms. The minimum absolute atomic E-state index is 0. The highest BCUT2D eigenvalue weighted by atomic mass is 127. The molecular formula is C24H33IN6O. The molecule has 2 fully saturated rings. The van der Waals surface area contributed by atoms with Crippen molar-refractivity contribution in [2.45, 2.75) is 32.7 Å². The van der Waals surface area contributed by atoms with E-state index in [4.69, 9.17) is 4.99 Å². The van der Waals surface area contributed by atoms with Crippen LogP contribution in [0.3, 0.4) is 0 Å². The van der Waals surface area contributed by atoms with Gasteiger partial charge in [0.2, 0.25) is 5.91 Å². The fourth-order valence-electron chi connectivity index (χ4n) is 3.94. The second kappa shape index (κ2) is 12.0. The number of hydrogen-bond acceptors (Lipinski definition) is 4. The average Bonchev–Trinajstić information content (AvgIpc) is 2.76. The summed E-state index contributed by atoms with van der Waals surface area (Å²) < 4.78 is 0. The number of carbonyl (C=O) groups excluding carboxylic acids is 1. The topological polar surface area (TPSA) is 72.9 Å². The normalized spacial score (nSPS) is 16.7. The summed E-state index contributed by atoms with van der Waals surface area (Å²) in [7, 11) is 0. The second-order valence-electron chi connectivity index (χ2n) is 8.15. The van der Waals surface area contributed by atoms with Crippen molar-refractivity contribution >= 4 is 47.3 Å². The molecule has 0 radical (unpaired) electrons. The zero-order valence-electron chi connectivity index (χ0n) is 18.7. The number of rotatable bonds is 6. The maximum absolute atomic E-state index is 12.2. The Labute approximate surface area is 207 Å². The van der Waals surface area contributed by atoms with Gasteiger partial charge >= 0.3 is 0 Å². The van der Waals surface area contributed by atoms with E-state index < -0.39 is 0 Å². The van der Waals surface area contributed by atoms with Crippen LogP contribution in [0.4, 0.5) is 11.5 Å². The van der Waals surface area contributed by atoms with E-state index in [9.17, 15) is 4.79 Å². The highest BCUT2D eigenvalue weighted by Gasteiger charge is 2.25. The van der Waals surface area contributed by atoms with Crippen LogP contribution in [0.1, 0.15) is 31.7 Å². The van der Waals surface area contributed by atoms with Gasteiger partial charge in [-0.05, 0) is 49.6 Å². The Kier molecular flexibility index (Phi) is 9.13. The number of piperazine rings is 1. The van der Waals surface area contributed by atoms with Crippen LogP contribution in [0.25, 0.3) is 0 Å². The first-order valence-corrected chi connectivity index (χ1v) is 11.3. The Balaban J connectivity index is 0.00000289. The first-order valence-electron chi connectivity index (χ1n) is 11.3. The highest BCUT2D eigenvalue weighted by Crippen LogP contribution is 2.27. The van der Waals surface area contributed by atoms with Crippen molar-refractivity contribution in [3.8, 4) is 0 Å². The predicted octanol–water partition coefficient (Wildman–Crippen LogP) is 3.73. The molecule has 7 nitrogen and oxygen atoms in total. The molecule has 1 aliphatic heterocycles. The predicted molar refractivity (Wildman–Crippen MR) is 141 cm³/mol. The summed E-state index contributed by atoms with van der Waals surface area (Å²) in [5, 5.41) is 6.48. The monoisotopic (exact) mass is 548 g/mol. The third-order valence-electron chi connectivity index (χ3n) is 5.97. The molecule has 2 N–H and O–H groups in total. The lowest BCUT2D eigenvalue weighted by molar-refractivity contribution is -0.122. The molecule has 1 aromatic heterocycles. The molecule has 172 valence electrons. The van der Waals surface area contributed by atoms with Gasteiger partial charge in [-0.2, -0.15) is 0 Å². The summed E-state index contributed by atoms with van der Waals surface area (Å²) in [5.74, 6) is 2.30. The molecule has 2 heterocycles. The number of guanidine groups is 1. The number of pyridine rings is 1. The molecule has 2 aromatic rings. The molecule has 0 unspecified atom stereocenters. The lowest BCUT2D eigenvalue weighted by Gasteiger charge is -2.37. The van der Waals surface area contributed by atoms with Gasteiger partial charge in [0.1, 0.15) is 5.82 Å². The van der Waals surface area contributed by atoms with Gasteiger partial charge in [-0.15, -0.1) is 24.0 Å². The molecule has 1 saturated heterocycles. The van der Waals surface area contributed by atoms with Crippen molar-refractivity contribution in [2.24, 2.45) is 10.9 Å². The van der Waals surface area contributed by atoms with Gasteiger partial charge in [-0.1, -0.05) is 24.6 Å². The highest BCUT2D eigenvalue weighted by molar-refractivity contribution is 14.0. The second-order valence-corrected chi connectivity index (χ2v) is 8.15. The summed E-state index contributed by atoms with van der Waals surface area (Å²) >= 11 is 0. The standard InChI is InChI=1S/C24H32N6O.HI/c1-2-25-24(30-15-13-29(14-16-30)22-11-3-4-12-26-22)27-18-19-7-5-10-21(17-19)28-23(31)20-8-6-9-20;/h3-5,7,10-12,17,20H,2,6,8-9,13-16,18H2,1H3,(H,25,27)(H,28,31);1H. The molecule has 2 aliphatic rings. The van der Waals surface area contributed by atoms with Gasteiger partial charge in [0.25, 0.3) is 0 Å². The van der Waals surface area contributed by atoms with Crippen LogP contribution in [0.15, 0.2) is 53.7 Å². The molecule has 32 heavy (non-hydrogen) atoms. The molecule has 8 heteroatoms. The van der Waals surface area contributed by atoms with Crippen LogP contribution >= 0.6 is 24.0 Å². The van der Waals surface area contributed by atoms with Crippen LogP contribution < -0.4 is 15.5 Å². The molecule has 1 aliphatic carbocycles. The van der Waals surface area contributed by atoms with Crippen molar-refractivity contribution in [2.75, 3.05) is 42.9 Å². The number of benzene rings is 1. The van der Waals surface area contributed by atoms with Crippen molar-refractivity contribution in [1.82, 2.24) is 15.2 Å². The minimum Gasteiger partial charge on any atom is -0.357 e. The number of aromatic nitrogens is 1. The maximum Gasteiger partial charge on any atom is 0.227 e. The number of anilines is 2. The maximum atomic E-state index is 12.2. The van der Waals surface area contributed by atoms with Gasteiger partial charge < -0.3 is 20.4 Å². The molecule has 1 aromatic carbocycles. The Morgan fingerprint density at radius 3 is 2.59 bits per heavy atom. The van der Waals surface area contributed by atoms with Crippen LogP contribution in [-0.2, 0) is 11.3 Å². The fraction of sp³-hybridized carbons (Fsp3) is 0.458. The van der Waals surface area contributed by atoms with E-state index in [0.717, 1.165) is 75.0 Å². The summed E-state index contributed by atoms with van der Waals surface area (Å²) in [4.78, 5) is 26.2. The number of hydrogen-bond donors (Lipinski definition) is 2. The minimum atomic E-state index is 0. The Morgan fingerprint density at radius 2 is 1.94 bits per heavy atom. The summed E-state index contributed by atoms with van der Waals surface area (Å²) in [6.45, 7) is 7.15. The van der Waals surface area contributed by atoms with E-state index in [-0.39, 0.29) is 35.8 Å². The molecule has 1 amide bonds. The first kappa shape index (κ1) is 24.3. The lowest BCUT2D eigenvalue weighted by atomic mass is 9.85. The van der Waals surface area contributed by atoms with Gasteiger partial charge in [0, 0.05) is 50.5 Å². The van der Waals surface area contributed by atoms with E-state index in [2.05, 4.69) is 44.5 Å². The summed E-state index contributed by atoms with van der Waals surface area (Å²) in [6.07, 6.45) is 5.02. The van der Waals surface area contributed by atoms with Gasteiger partial charge in [-0.25, -0.2) is 9.98 Å². The van der Waals surface area contributed by atoms with Crippen LogP contribution in [-0.4, -0.2) is 54.5 Å². The molecular weight excluding hydrogens is 515 g/mol. The van der Waals surface area contributed by atoms with E-state index in [0.29, 0.717) is 6.54 Å². The first-order chi connectivity index (χ1) is 15.2. The number of halogens is 1. The Morgan fingerprint density at radius 1 is 1.12 bits per heavy atom. The number of nitrogens with one attached hydrogen (secondary N) is 2. The number of amides is 1. The van der Waals surface area contributed by atoms with E-state index in [1.165, 1.54) is 0 Å². The lowest BCUT2D eigenvalue weighted by Crippen LogP contribution is -2.52. The summed E-state index contributed by atoms with van der Waals surface area (Å²) in [6, 6.07) is 14.1. The van der Waals surface area contributed by atoms with Crippen molar-refractivity contribution in [3.05, 3.63) is 54.2 Å². The fourth-order valence-corrected chi connectivity index (χ4v) is 3.94.